The molecule has 0 aliphatic carbocycles. The van der Waals surface area contributed by atoms with E-state index in [1.165, 1.54) is 0 Å². The summed E-state index contributed by atoms with van der Waals surface area (Å²) in [5.41, 5.74) is 3.56. The molecule has 2 aromatic rings. The first-order valence-electron chi connectivity index (χ1n) is 8.21. The number of aliphatic hydroxyl groups excluding tert-OH is 1. The van der Waals surface area contributed by atoms with Gasteiger partial charge in [0.25, 0.3) is 0 Å². The van der Waals surface area contributed by atoms with Crippen molar-refractivity contribution in [2.45, 2.75) is 20.5 Å². The van der Waals surface area contributed by atoms with Crippen molar-refractivity contribution < 1.29 is 19.5 Å². The molecule has 0 atom stereocenters. The fourth-order valence-electron chi connectivity index (χ4n) is 2.19. The van der Waals surface area contributed by atoms with Crippen LogP contribution in [0.2, 0.25) is 0 Å². The van der Waals surface area contributed by atoms with Gasteiger partial charge in [-0.1, -0.05) is 12.1 Å². The fourth-order valence-corrected chi connectivity index (χ4v) is 2.19. The van der Waals surface area contributed by atoms with Crippen LogP contribution in [0.25, 0.3) is 11.1 Å². The van der Waals surface area contributed by atoms with Crippen LogP contribution in [-0.4, -0.2) is 25.4 Å². The van der Waals surface area contributed by atoms with Crippen LogP contribution in [-0.2, 0) is 16.3 Å². The molecule has 1 N–H and O–H groups in total. The minimum absolute atomic E-state index is 0.161. The van der Waals surface area contributed by atoms with E-state index in [4.69, 9.17) is 14.4 Å². The highest BCUT2D eigenvalue weighted by atomic mass is 16.6. The number of ether oxygens (including phenoxy) is 1. The Morgan fingerprint density at radius 3 is 2.00 bits per heavy atom. The van der Waals surface area contributed by atoms with Gasteiger partial charge in [0, 0.05) is 16.1 Å². The standard InChI is InChI=1S/C18H22N4O4/c1-4-25-21-19-16-8-6-13(10-15(16)12-23)14-7-9-17(18(11-14)24-3)20-22-26-5-2/h6-11,23H,4-5,12H2,1-3H3. The minimum atomic E-state index is -0.161. The van der Waals surface area contributed by atoms with E-state index in [0.29, 0.717) is 35.9 Å². The van der Waals surface area contributed by atoms with Crippen LogP contribution in [0.1, 0.15) is 19.4 Å². The van der Waals surface area contributed by atoms with Crippen molar-refractivity contribution in [1.29, 1.82) is 0 Å². The van der Waals surface area contributed by atoms with Crippen molar-refractivity contribution in [2.24, 2.45) is 20.8 Å². The molecule has 0 aromatic heterocycles. The molecule has 0 saturated heterocycles. The quantitative estimate of drug-likeness (QED) is 0.508. The van der Waals surface area contributed by atoms with Gasteiger partial charge in [0.05, 0.1) is 19.4 Å². The van der Waals surface area contributed by atoms with Crippen LogP contribution in [0.4, 0.5) is 11.4 Å². The maximum absolute atomic E-state index is 9.60. The highest BCUT2D eigenvalue weighted by molar-refractivity contribution is 5.71. The van der Waals surface area contributed by atoms with Crippen LogP contribution in [0.3, 0.4) is 0 Å². The third-order valence-corrected chi connectivity index (χ3v) is 3.43. The maximum atomic E-state index is 9.60. The number of hydrogen-bond donors (Lipinski definition) is 1. The number of methoxy groups -OCH3 is 1. The Morgan fingerprint density at radius 2 is 1.42 bits per heavy atom. The summed E-state index contributed by atoms with van der Waals surface area (Å²) in [6.45, 7) is 4.37. The van der Waals surface area contributed by atoms with E-state index >= 15 is 0 Å². The first-order valence-corrected chi connectivity index (χ1v) is 8.21. The zero-order chi connectivity index (χ0) is 18.8. The number of hydrogen-bond acceptors (Lipinski definition) is 8. The van der Waals surface area contributed by atoms with E-state index in [1.54, 1.807) is 19.2 Å². The van der Waals surface area contributed by atoms with Crippen LogP contribution in [0.15, 0.2) is 57.2 Å². The molecule has 0 amide bonds. The van der Waals surface area contributed by atoms with Gasteiger partial charge >= 0.3 is 0 Å². The van der Waals surface area contributed by atoms with Crippen molar-refractivity contribution in [3.8, 4) is 16.9 Å². The summed E-state index contributed by atoms with van der Waals surface area (Å²) in [5, 5.41) is 24.8. The lowest BCUT2D eigenvalue weighted by Gasteiger charge is -2.09. The molecule has 138 valence electrons. The Morgan fingerprint density at radius 1 is 0.846 bits per heavy atom. The molecule has 0 bridgehead atoms. The molecule has 0 spiro atoms. The van der Waals surface area contributed by atoms with Gasteiger partial charge in [0.15, 0.2) is 0 Å². The molecule has 0 fully saturated rings. The molecule has 0 saturated carbocycles. The Bertz CT molecular complexity index is 712. The molecule has 8 heteroatoms. The molecule has 0 aliphatic rings. The zero-order valence-electron chi connectivity index (χ0n) is 15.0. The van der Waals surface area contributed by atoms with Crippen molar-refractivity contribution >= 4 is 11.4 Å². The van der Waals surface area contributed by atoms with Crippen molar-refractivity contribution in [3.05, 3.63) is 42.0 Å². The molecule has 26 heavy (non-hydrogen) atoms. The second-order valence-electron chi connectivity index (χ2n) is 5.09. The summed E-state index contributed by atoms with van der Waals surface area (Å²) >= 11 is 0. The van der Waals surface area contributed by atoms with Gasteiger partial charge in [0.2, 0.25) is 0 Å². The van der Waals surface area contributed by atoms with Gasteiger partial charge in [-0.2, -0.15) is 0 Å². The second-order valence-corrected chi connectivity index (χ2v) is 5.09. The van der Waals surface area contributed by atoms with Gasteiger partial charge in [0.1, 0.15) is 24.7 Å². The lowest BCUT2D eigenvalue weighted by Crippen LogP contribution is -1.89. The summed E-state index contributed by atoms with van der Waals surface area (Å²) in [6.07, 6.45) is 0. The number of rotatable bonds is 9. The lowest BCUT2D eigenvalue weighted by molar-refractivity contribution is 0.139. The number of benzene rings is 2. The van der Waals surface area contributed by atoms with Crippen LogP contribution >= 0.6 is 0 Å². The zero-order valence-corrected chi connectivity index (χ0v) is 15.0. The molecular weight excluding hydrogens is 336 g/mol. The predicted octanol–water partition coefficient (Wildman–Crippen LogP) is 4.92. The Labute approximate surface area is 152 Å². The van der Waals surface area contributed by atoms with E-state index in [0.717, 1.165) is 11.1 Å². The van der Waals surface area contributed by atoms with Crippen molar-refractivity contribution in [3.63, 3.8) is 0 Å². The van der Waals surface area contributed by atoms with Gasteiger partial charge in [-0.3, -0.25) is 0 Å². The third-order valence-electron chi connectivity index (χ3n) is 3.43. The monoisotopic (exact) mass is 358 g/mol. The Hall–Kier alpha value is -3.00. The minimum Gasteiger partial charge on any atom is -0.494 e. The lowest BCUT2D eigenvalue weighted by atomic mass is 10.0. The van der Waals surface area contributed by atoms with E-state index in [-0.39, 0.29) is 6.61 Å². The fraction of sp³-hybridized carbons (Fsp3) is 0.333. The summed E-state index contributed by atoms with van der Waals surface area (Å²) in [7, 11) is 1.56. The summed E-state index contributed by atoms with van der Waals surface area (Å²) in [6, 6.07) is 11.0. The largest absolute Gasteiger partial charge is 0.494 e. The van der Waals surface area contributed by atoms with E-state index in [9.17, 15) is 5.11 Å². The molecule has 0 heterocycles. The average Bonchev–Trinajstić information content (AvgIpc) is 2.68. The summed E-state index contributed by atoms with van der Waals surface area (Å²) in [4.78, 5) is 9.75. The first kappa shape index (κ1) is 19.3. The highest BCUT2D eigenvalue weighted by Gasteiger charge is 2.09. The molecule has 2 rings (SSSR count). The van der Waals surface area contributed by atoms with Gasteiger partial charge in [-0.25, -0.2) is 0 Å². The smallest absolute Gasteiger partial charge is 0.147 e. The normalized spacial score (nSPS) is 11.2. The van der Waals surface area contributed by atoms with Gasteiger partial charge in [-0.05, 0) is 49.2 Å². The second kappa shape index (κ2) is 10.1. The molecule has 2 aromatic carbocycles. The van der Waals surface area contributed by atoms with Crippen LogP contribution in [0, 0.1) is 0 Å². The summed E-state index contributed by atoms with van der Waals surface area (Å²) < 4.78 is 5.38. The summed E-state index contributed by atoms with van der Waals surface area (Å²) in [5.74, 6) is 0.566. The van der Waals surface area contributed by atoms with Crippen molar-refractivity contribution in [2.75, 3.05) is 20.3 Å². The van der Waals surface area contributed by atoms with Crippen LogP contribution < -0.4 is 4.74 Å². The molecular formula is C18H22N4O4. The van der Waals surface area contributed by atoms with E-state index in [1.807, 2.05) is 38.1 Å². The van der Waals surface area contributed by atoms with E-state index in [2.05, 4.69) is 20.8 Å². The molecule has 0 aliphatic heterocycles. The van der Waals surface area contributed by atoms with Crippen molar-refractivity contribution in [1.82, 2.24) is 0 Å². The number of aliphatic hydroxyl groups is 1. The molecule has 8 nitrogen and oxygen atoms in total. The molecule has 0 unspecified atom stereocenters. The Kier molecular flexibility index (Phi) is 7.50. The average molecular weight is 358 g/mol. The van der Waals surface area contributed by atoms with Gasteiger partial charge in [-0.15, -0.1) is 10.2 Å². The number of nitrogens with zero attached hydrogens (tertiary/aromatic N) is 4. The van der Waals surface area contributed by atoms with Gasteiger partial charge < -0.3 is 19.5 Å². The Balaban J connectivity index is 2.32. The van der Waals surface area contributed by atoms with Crippen LogP contribution in [0.5, 0.6) is 5.75 Å². The highest BCUT2D eigenvalue weighted by Crippen LogP contribution is 2.34. The maximum Gasteiger partial charge on any atom is 0.147 e. The predicted molar refractivity (Wildman–Crippen MR) is 96.6 cm³/mol. The third kappa shape index (κ3) is 5.00. The SMILES string of the molecule is CCON=Nc1ccc(-c2ccc(N=NOCC)c(OC)c2)cc1CO. The molecule has 0 radical (unpaired) electrons. The topological polar surface area (TPSA) is 97.4 Å². The first-order chi connectivity index (χ1) is 12.7. The van der Waals surface area contributed by atoms with E-state index < -0.39 is 0 Å².